The first-order valence-electron chi connectivity index (χ1n) is 5.22. The Kier molecular flexibility index (Phi) is 2.39. The average Bonchev–Trinajstić information content (AvgIpc) is 2.44. The molecule has 0 aliphatic carbocycles. The lowest BCUT2D eigenvalue weighted by molar-refractivity contribution is 0.562. The molecule has 80 valence electrons. The summed E-state index contributed by atoms with van der Waals surface area (Å²) in [5.41, 5.74) is 9.39. The van der Waals surface area contributed by atoms with Crippen molar-refractivity contribution in [3.8, 4) is 0 Å². The van der Waals surface area contributed by atoms with Gasteiger partial charge in [0.25, 0.3) is 0 Å². The van der Waals surface area contributed by atoms with Gasteiger partial charge in [-0.05, 0) is 30.0 Å². The fourth-order valence-electron chi connectivity index (χ4n) is 1.82. The summed E-state index contributed by atoms with van der Waals surface area (Å²) in [6.45, 7) is 6.21. The highest BCUT2D eigenvalue weighted by molar-refractivity contribution is 5.85. The molecule has 0 bridgehead atoms. The number of nitrogens with zero attached hydrogens (tertiary/aromatic N) is 1. The Balaban J connectivity index is 2.51. The minimum atomic E-state index is 0.620. The first kappa shape index (κ1) is 10.0. The van der Waals surface area contributed by atoms with Crippen LogP contribution < -0.4 is 5.73 Å². The lowest BCUT2D eigenvalue weighted by atomic mass is 10.0. The van der Waals surface area contributed by atoms with Crippen molar-refractivity contribution in [2.45, 2.75) is 27.2 Å². The van der Waals surface area contributed by atoms with Gasteiger partial charge in [-0.25, -0.2) is 4.98 Å². The van der Waals surface area contributed by atoms with Gasteiger partial charge in [0, 0.05) is 6.92 Å². The molecule has 1 aromatic carbocycles. The quantitative estimate of drug-likeness (QED) is 0.765. The fourth-order valence-corrected chi connectivity index (χ4v) is 1.82. The molecule has 1 heterocycles. The van der Waals surface area contributed by atoms with E-state index in [0.29, 0.717) is 23.1 Å². The molecule has 15 heavy (non-hydrogen) atoms. The molecular weight excluding hydrogens is 188 g/mol. The highest BCUT2D eigenvalue weighted by Crippen LogP contribution is 2.25. The molecule has 3 nitrogen and oxygen atoms in total. The highest BCUT2D eigenvalue weighted by atomic mass is 16.3. The molecule has 2 aromatic rings. The Morgan fingerprint density at radius 2 is 2.13 bits per heavy atom. The molecule has 0 fully saturated rings. The normalized spacial score (nSPS) is 11.5. The number of oxazole rings is 1. The van der Waals surface area contributed by atoms with Crippen LogP contribution in [0, 0.1) is 12.8 Å². The minimum absolute atomic E-state index is 0.620. The van der Waals surface area contributed by atoms with Crippen LogP contribution in [0.5, 0.6) is 0 Å². The smallest absolute Gasteiger partial charge is 0.192 e. The number of nitrogen functional groups attached to an aromatic ring is 1. The second kappa shape index (κ2) is 3.57. The maximum Gasteiger partial charge on any atom is 0.192 e. The monoisotopic (exact) mass is 204 g/mol. The third kappa shape index (κ3) is 1.96. The van der Waals surface area contributed by atoms with Gasteiger partial charge in [-0.1, -0.05) is 13.8 Å². The maximum absolute atomic E-state index is 5.91. The Morgan fingerprint density at radius 3 is 2.80 bits per heavy atom. The van der Waals surface area contributed by atoms with Crippen LogP contribution in [0.2, 0.25) is 0 Å². The first-order valence-corrected chi connectivity index (χ1v) is 5.22. The van der Waals surface area contributed by atoms with Gasteiger partial charge in [-0.2, -0.15) is 0 Å². The number of hydrogen-bond donors (Lipinski definition) is 1. The summed E-state index contributed by atoms with van der Waals surface area (Å²) in [4.78, 5) is 4.30. The van der Waals surface area contributed by atoms with Crippen molar-refractivity contribution in [1.82, 2.24) is 4.98 Å². The Bertz CT molecular complexity index is 486. The lowest BCUT2D eigenvalue weighted by Crippen LogP contribution is -1.96. The summed E-state index contributed by atoms with van der Waals surface area (Å²) in [6.07, 6.45) is 1.02. The Hall–Kier alpha value is -1.51. The van der Waals surface area contributed by atoms with Gasteiger partial charge in [0.1, 0.15) is 5.52 Å². The molecule has 0 aliphatic rings. The van der Waals surface area contributed by atoms with Crippen LogP contribution in [0.15, 0.2) is 16.5 Å². The second-order valence-electron chi connectivity index (χ2n) is 4.36. The molecular formula is C12H16N2O. The zero-order chi connectivity index (χ0) is 11.0. The van der Waals surface area contributed by atoms with Gasteiger partial charge in [-0.15, -0.1) is 0 Å². The van der Waals surface area contributed by atoms with E-state index in [1.165, 1.54) is 5.56 Å². The third-order valence-corrected chi connectivity index (χ3v) is 2.33. The van der Waals surface area contributed by atoms with Crippen molar-refractivity contribution >= 4 is 16.8 Å². The summed E-state index contributed by atoms with van der Waals surface area (Å²) < 4.78 is 5.42. The Morgan fingerprint density at radius 1 is 1.40 bits per heavy atom. The number of nitrogens with two attached hydrogens (primary N) is 1. The van der Waals surface area contributed by atoms with E-state index < -0.39 is 0 Å². The zero-order valence-electron chi connectivity index (χ0n) is 9.37. The lowest BCUT2D eigenvalue weighted by Gasteiger charge is -2.05. The van der Waals surface area contributed by atoms with Gasteiger partial charge in [0.15, 0.2) is 11.5 Å². The maximum atomic E-state index is 5.91. The summed E-state index contributed by atoms with van der Waals surface area (Å²) in [7, 11) is 0. The molecule has 3 heteroatoms. The van der Waals surface area contributed by atoms with E-state index in [-0.39, 0.29) is 0 Å². The molecule has 0 amide bonds. The van der Waals surface area contributed by atoms with Crippen LogP contribution in [-0.2, 0) is 6.42 Å². The number of aryl methyl sites for hydroxylation is 1. The van der Waals surface area contributed by atoms with Crippen LogP contribution in [0.4, 0.5) is 5.69 Å². The van der Waals surface area contributed by atoms with E-state index >= 15 is 0 Å². The summed E-state index contributed by atoms with van der Waals surface area (Å²) in [6, 6.07) is 4.04. The second-order valence-corrected chi connectivity index (χ2v) is 4.36. The number of aromatic nitrogens is 1. The van der Waals surface area contributed by atoms with E-state index in [0.717, 1.165) is 11.9 Å². The van der Waals surface area contributed by atoms with E-state index in [4.69, 9.17) is 10.2 Å². The van der Waals surface area contributed by atoms with Gasteiger partial charge < -0.3 is 10.2 Å². The van der Waals surface area contributed by atoms with Crippen LogP contribution in [-0.4, -0.2) is 4.98 Å². The molecule has 0 aliphatic heterocycles. The number of rotatable bonds is 2. The molecule has 0 saturated heterocycles. The van der Waals surface area contributed by atoms with Crippen molar-refractivity contribution in [3.63, 3.8) is 0 Å². The molecule has 0 unspecified atom stereocenters. The van der Waals surface area contributed by atoms with E-state index in [1.54, 1.807) is 0 Å². The summed E-state index contributed by atoms with van der Waals surface area (Å²) in [5.74, 6) is 1.29. The summed E-state index contributed by atoms with van der Waals surface area (Å²) in [5, 5.41) is 0. The predicted octanol–water partition coefficient (Wildman–Crippen LogP) is 2.92. The van der Waals surface area contributed by atoms with Gasteiger partial charge in [-0.3, -0.25) is 0 Å². The molecule has 0 spiro atoms. The van der Waals surface area contributed by atoms with Crippen molar-refractivity contribution < 1.29 is 4.42 Å². The van der Waals surface area contributed by atoms with Gasteiger partial charge in [0.2, 0.25) is 0 Å². The van der Waals surface area contributed by atoms with E-state index in [1.807, 2.05) is 13.0 Å². The average molecular weight is 204 g/mol. The predicted molar refractivity (Wildman–Crippen MR) is 61.7 cm³/mol. The first-order chi connectivity index (χ1) is 7.06. The zero-order valence-corrected chi connectivity index (χ0v) is 9.37. The van der Waals surface area contributed by atoms with E-state index in [2.05, 4.69) is 24.9 Å². The largest absolute Gasteiger partial charge is 0.439 e. The molecule has 1 aromatic heterocycles. The summed E-state index contributed by atoms with van der Waals surface area (Å²) >= 11 is 0. The number of fused-ring (bicyclic) bond motifs is 1. The molecule has 0 atom stereocenters. The molecule has 2 rings (SSSR count). The van der Waals surface area contributed by atoms with Crippen molar-refractivity contribution in [1.29, 1.82) is 0 Å². The van der Waals surface area contributed by atoms with Gasteiger partial charge >= 0.3 is 0 Å². The van der Waals surface area contributed by atoms with Crippen LogP contribution in [0.3, 0.4) is 0 Å². The number of anilines is 1. The van der Waals surface area contributed by atoms with Crippen LogP contribution >= 0.6 is 0 Å². The topological polar surface area (TPSA) is 52.0 Å². The van der Waals surface area contributed by atoms with Crippen LogP contribution in [0.1, 0.15) is 25.3 Å². The number of benzene rings is 1. The van der Waals surface area contributed by atoms with Crippen molar-refractivity contribution in [2.24, 2.45) is 5.92 Å². The minimum Gasteiger partial charge on any atom is -0.439 e. The van der Waals surface area contributed by atoms with Crippen molar-refractivity contribution in [2.75, 3.05) is 5.73 Å². The molecule has 2 N–H and O–H groups in total. The Labute approximate surface area is 89.3 Å². The highest BCUT2D eigenvalue weighted by Gasteiger charge is 2.08. The van der Waals surface area contributed by atoms with E-state index in [9.17, 15) is 0 Å². The SMILES string of the molecule is Cc1nc2cc(CC(C)C)cc(N)c2o1. The van der Waals surface area contributed by atoms with Gasteiger partial charge in [0.05, 0.1) is 5.69 Å². The fraction of sp³-hybridized carbons (Fsp3) is 0.417. The molecule has 0 radical (unpaired) electrons. The third-order valence-electron chi connectivity index (χ3n) is 2.33. The standard InChI is InChI=1S/C12H16N2O/c1-7(2)4-9-5-10(13)12-11(6-9)14-8(3)15-12/h5-7H,4,13H2,1-3H3. The molecule has 0 saturated carbocycles. The number of hydrogen-bond acceptors (Lipinski definition) is 3. The van der Waals surface area contributed by atoms with Crippen LogP contribution in [0.25, 0.3) is 11.1 Å². The van der Waals surface area contributed by atoms with Crippen molar-refractivity contribution in [3.05, 3.63) is 23.6 Å².